The molecule has 3 rings (SSSR count). The van der Waals surface area contributed by atoms with Crippen molar-refractivity contribution in [3.8, 4) is 5.75 Å². The van der Waals surface area contributed by atoms with Crippen molar-refractivity contribution in [1.29, 1.82) is 0 Å². The van der Waals surface area contributed by atoms with Crippen LogP contribution in [0.4, 0.5) is 11.5 Å². The molecule has 0 spiro atoms. The highest BCUT2D eigenvalue weighted by molar-refractivity contribution is 7.91. The van der Waals surface area contributed by atoms with Crippen LogP contribution in [0, 0.1) is 0 Å². The Morgan fingerprint density at radius 1 is 1.19 bits per heavy atom. The number of sulfone groups is 1. The van der Waals surface area contributed by atoms with Crippen LogP contribution in [0.25, 0.3) is 0 Å². The lowest BCUT2D eigenvalue weighted by molar-refractivity contribution is 0.102. The fraction of sp³-hybridized carbons (Fsp3) is 0.353. The minimum absolute atomic E-state index is 0.116. The Bertz CT molecular complexity index is 882. The van der Waals surface area contributed by atoms with Gasteiger partial charge in [0.2, 0.25) is 0 Å². The molecular weight excluding hydrogens is 356 g/mol. The fourth-order valence-electron chi connectivity index (χ4n) is 2.77. The summed E-state index contributed by atoms with van der Waals surface area (Å²) >= 11 is 0. The number of benzene rings is 1. The molecule has 138 valence electrons. The summed E-state index contributed by atoms with van der Waals surface area (Å²) in [5.41, 5.74) is 0.798. The van der Waals surface area contributed by atoms with E-state index in [1.54, 1.807) is 55.5 Å². The van der Waals surface area contributed by atoms with Gasteiger partial charge in [-0.3, -0.25) is 4.79 Å². The summed E-state index contributed by atoms with van der Waals surface area (Å²) in [7, 11) is 0.384. The lowest BCUT2D eigenvalue weighted by atomic mass is 10.2. The maximum Gasteiger partial charge on any atom is 0.276 e. The molecule has 1 aliphatic rings. The van der Waals surface area contributed by atoms with E-state index in [1.165, 1.54) is 0 Å². The predicted octanol–water partition coefficient (Wildman–Crippen LogP) is 1.36. The normalized spacial score (nSPS) is 18.3. The van der Waals surface area contributed by atoms with Crippen LogP contribution in [0.5, 0.6) is 5.75 Å². The maximum absolute atomic E-state index is 12.3. The molecule has 0 radical (unpaired) electrons. The zero-order valence-electron chi connectivity index (χ0n) is 14.5. The molecule has 1 unspecified atom stereocenters. The second-order valence-corrected chi connectivity index (χ2v) is 8.36. The molecule has 0 aliphatic carbocycles. The molecule has 1 N–H and O–H groups in total. The SMILES string of the molecule is COc1ccc(NC(=O)c2ccc(N(C)C3CCS(=O)(=O)C3)nn2)cc1. The molecule has 26 heavy (non-hydrogen) atoms. The summed E-state index contributed by atoms with van der Waals surface area (Å²) in [6, 6.07) is 10.1. The van der Waals surface area contributed by atoms with Crippen LogP contribution in [0.3, 0.4) is 0 Å². The second kappa shape index (κ2) is 7.28. The Balaban J connectivity index is 1.65. The number of nitrogens with one attached hydrogen (secondary N) is 1. The Morgan fingerprint density at radius 3 is 2.46 bits per heavy atom. The third-order valence-electron chi connectivity index (χ3n) is 4.35. The smallest absolute Gasteiger partial charge is 0.276 e. The van der Waals surface area contributed by atoms with Gasteiger partial charge < -0.3 is 15.0 Å². The Hall–Kier alpha value is -2.68. The van der Waals surface area contributed by atoms with Gasteiger partial charge in [-0.15, -0.1) is 10.2 Å². The van der Waals surface area contributed by atoms with E-state index in [4.69, 9.17) is 4.74 Å². The molecule has 1 aromatic heterocycles. The van der Waals surface area contributed by atoms with E-state index in [-0.39, 0.29) is 29.1 Å². The molecule has 8 nitrogen and oxygen atoms in total. The molecule has 9 heteroatoms. The monoisotopic (exact) mass is 376 g/mol. The number of hydrogen-bond acceptors (Lipinski definition) is 7. The number of hydrogen-bond donors (Lipinski definition) is 1. The Morgan fingerprint density at radius 2 is 1.92 bits per heavy atom. The minimum atomic E-state index is -2.97. The van der Waals surface area contributed by atoms with Gasteiger partial charge in [0.05, 0.1) is 18.6 Å². The molecule has 1 fully saturated rings. The van der Waals surface area contributed by atoms with Crippen molar-refractivity contribution in [1.82, 2.24) is 10.2 Å². The average molecular weight is 376 g/mol. The van der Waals surface area contributed by atoms with Crippen molar-refractivity contribution in [3.63, 3.8) is 0 Å². The molecule has 1 aliphatic heterocycles. The van der Waals surface area contributed by atoms with Gasteiger partial charge in [0, 0.05) is 18.8 Å². The lowest BCUT2D eigenvalue weighted by Gasteiger charge is -2.23. The van der Waals surface area contributed by atoms with Crippen LogP contribution < -0.4 is 15.0 Å². The zero-order chi connectivity index (χ0) is 18.7. The third kappa shape index (κ3) is 4.10. The number of methoxy groups -OCH3 is 1. The van der Waals surface area contributed by atoms with Crippen LogP contribution in [0.15, 0.2) is 36.4 Å². The number of anilines is 2. The van der Waals surface area contributed by atoms with Gasteiger partial charge in [0.1, 0.15) is 5.75 Å². The van der Waals surface area contributed by atoms with Crippen molar-refractivity contribution in [3.05, 3.63) is 42.1 Å². The number of carbonyl (C=O) groups excluding carboxylic acids is 1. The first-order valence-corrected chi connectivity index (χ1v) is 9.92. The molecule has 2 heterocycles. The summed E-state index contributed by atoms with van der Waals surface area (Å²) in [5.74, 6) is 1.17. The van der Waals surface area contributed by atoms with Crippen molar-refractivity contribution >= 4 is 27.2 Å². The molecule has 1 aromatic carbocycles. The van der Waals surface area contributed by atoms with E-state index in [9.17, 15) is 13.2 Å². The van der Waals surface area contributed by atoms with Gasteiger partial charge in [-0.05, 0) is 42.8 Å². The zero-order valence-corrected chi connectivity index (χ0v) is 15.4. The summed E-state index contributed by atoms with van der Waals surface area (Å²) in [6.07, 6.45) is 0.570. The van der Waals surface area contributed by atoms with E-state index >= 15 is 0 Å². The highest BCUT2D eigenvalue weighted by atomic mass is 32.2. The number of nitrogens with zero attached hydrogens (tertiary/aromatic N) is 3. The first-order chi connectivity index (χ1) is 12.4. The standard InChI is InChI=1S/C17H20N4O4S/c1-21(13-9-10-26(23,24)11-13)16-8-7-15(19-20-16)17(22)18-12-3-5-14(25-2)6-4-12/h3-8,13H,9-11H2,1-2H3,(H,18,22). The summed E-state index contributed by atoms with van der Waals surface area (Å²) in [5, 5.41) is 10.8. The van der Waals surface area contributed by atoms with Crippen LogP contribution in [0.2, 0.25) is 0 Å². The predicted molar refractivity (Wildman–Crippen MR) is 98.4 cm³/mol. The summed E-state index contributed by atoms with van der Waals surface area (Å²) in [4.78, 5) is 14.0. The molecule has 1 atom stereocenters. The van der Waals surface area contributed by atoms with E-state index in [2.05, 4.69) is 15.5 Å². The number of amides is 1. The number of rotatable bonds is 5. The first-order valence-electron chi connectivity index (χ1n) is 8.10. The highest BCUT2D eigenvalue weighted by Gasteiger charge is 2.31. The molecular formula is C17H20N4O4S. The summed E-state index contributed by atoms with van der Waals surface area (Å²) in [6.45, 7) is 0. The van der Waals surface area contributed by atoms with Gasteiger partial charge in [-0.2, -0.15) is 0 Å². The highest BCUT2D eigenvalue weighted by Crippen LogP contribution is 2.21. The second-order valence-electron chi connectivity index (χ2n) is 6.13. The van der Waals surface area contributed by atoms with E-state index in [0.717, 1.165) is 0 Å². The van der Waals surface area contributed by atoms with Crippen LogP contribution >= 0.6 is 0 Å². The summed E-state index contributed by atoms with van der Waals surface area (Å²) < 4.78 is 28.3. The number of aromatic nitrogens is 2. The van der Waals surface area contributed by atoms with Gasteiger partial charge in [0.25, 0.3) is 5.91 Å². The molecule has 2 aromatic rings. The van der Waals surface area contributed by atoms with Crippen LogP contribution in [0.1, 0.15) is 16.9 Å². The molecule has 0 saturated carbocycles. The Kier molecular flexibility index (Phi) is 5.08. The van der Waals surface area contributed by atoms with Gasteiger partial charge >= 0.3 is 0 Å². The lowest BCUT2D eigenvalue weighted by Crippen LogP contribution is -2.33. The van der Waals surface area contributed by atoms with Crippen LogP contribution in [-0.2, 0) is 9.84 Å². The van der Waals surface area contributed by atoms with Crippen molar-refractivity contribution in [2.24, 2.45) is 0 Å². The largest absolute Gasteiger partial charge is 0.497 e. The van der Waals surface area contributed by atoms with Crippen molar-refractivity contribution in [2.45, 2.75) is 12.5 Å². The first kappa shape index (κ1) is 18.1. The fourth-order valence-corrected chi connectivity index (χ4v) is 4.55. The van der Waals surface area contributed by atoms with Gasteiger partial charge in [-0.25, -0.2) is 8.42 Å². The Labute approximate surface area is 152 Å². The third-order valence-corrected chi connectivity index (χ3v) is 6.10. The number of ether oxygens (including phenoxy) is 1. The average Bonchev–Trinajstić information content (AvgIpc) is 3.01. The van der Waals surface area contributed by atoms with E-state index in [0.29, 0.717) is 23.7 Å². The van der Waals surface area contributed by atoms with E-state index in [1.807, 2.05) is 0 Å². The van der Waals surface area contributed by atoms with Crippen molar-refractivity contribution in [2.75, 3.05) is 35.9 Å². The quantitative estimate of drug-likeness (QED) is 0.841. The molecule has 1 saturated heterocycles. The van der Waals surface area contributed by atoms with Crippen molar-refractivity contribution < 1.29 is 17.9 Å². The van der Waals surface area contributed by atoms with Gasteiger partial charge in [-0.1, -0.05) is 0 Å². The van der Waals surface area contributed by atoms with Crippen LogP contribution in [-0.4, -0.2) is 56.2 Å². The molecule has 0 bridgehead atoms. The van der Waals surface area contributed by atoms with Gasteiger partial charge in [0.15, 0.2) is 21.3 Å². The minimum Gasteiger partial charge on any atom is -0.497 e. The van der Waals surface area contributed by atoms with E-state index < -0.39 is 9.84 Å². The number of carbonyl (C=O) groups is 1. The topological polar surface area (TPSA) is 101 Å². The maximum atomic E-state index is 12.3. The molecule has 1 amide bonds.